The Morgan fingerprint density at radius 1 is 1.19 bits per heavy atom. The number of nitrogens with zero attached hydrogens (tertiary/aromatic N) is 4. The van der Waals surface area contributed by atoms with Gasteiger partial charge in [0.25, 0.3) is 0 Å². The highest BCUT2D eigenvalue weighted by molar-refractivity contribution is 7.85. The molecule has 0 aliphatic carbocycles. The minimum Gasteiger partial charge on any atom is -0.446 e. The van der Waals surface area contributed by atoms with E-state index in [1.807, 2.05) is 18.3 Å². The second-order valence-corrected chi connectivity index (χ2v) is 7.41. The van der Waals surface area contributed by atoms with E-state index in [1.165, 1.54) is 6.07 Å². The summed E-state index contributed by atoms with van der Waals surface area (Å²) in [5.41, 5.74) is 2.98. The molecule has 26 heavy (non-hydrogen) atoms. The van der Waals surface area contributed by atoms with Crippen molar-refractivity contribution in [1.82, 2.24) is 19.9 Å². The minimum atomic E-state index is -4.31. The lowest BCUT2D eigenvalue weighted by Crippen LogP contribution is -2.30. The Hall–Kier alpha value is -2.62. The van der Waals surface area contributed by atoms with Gasteiger partial charge in [-0.05, 0) is 24.3 Å². The van der Waals surface area contributed by atoms with Crippen LogP contribution in [0.4, 0.5) is 0 Å². The van der Waals surface area contributed by atoms with Gasteiger partial charge in [0.15, 0.2) is 5.82 Å². The Labute approximate surface area is 150 Å². The largest absolute Gasteiger partial charge is 0.446 e. The molecular formula is C17H16N4O4S. The zero-order valence-corrected chi connectivity index (χ0v) is 14.6. The summed E-state index contributed by atoms with van der Waals surface area (Å²) in [6.45, 7) is 1.86. The first-order chi connectivity index (χ1) is 12.5. The van der Waals surface area contributed by atoms with Gasteiger partial charge in [0.1, 0.15) is 5.76 Å². The predicted octanol–water partition coefficient (Wildman–Crippen LogP) is 1.94. The van der Waals surface area contributed by atoms with Gasteiger partial charge in [-0.3, -0.25) is 14.4 Å². The molecule has 0 saturated carbocycles. The zero-order valence-electron chi connectivity index (χ0n) is 13.7. The van der Waals surface area contributed by atoms with E-state index in [9.17, 15) is 8.42 Å². The van der Waals surface area contributed by atoms with Crippen LogP contribution in [0.25, 0.3) is 11.4 Å². The van der Waals surface area contributed by atoms with Crippen molar-refractivity contribution in [2.45, 2.75) is 24.6 Å². The van der Waals surface area contributed by atoms with Gasteiger partial charge in [0.05, 0.1) is 12.2 Å². The van der Waals surface area contributed by atoms with E-state index in [2.05, 4.69) is 19.9 Å². The van der Waals surface area contributed by atoms with E-state index < -0.39 is 15.2 Å². The van der Waals surface area contributed by atoms with Crippen LogP contribution in [-0.2, 0) is 29.6 Å². The number of aromatic nitrogens is 3. The first-order valence-corrected chi connectivity index (χ1v) is 9.47. The Morgan fingerprint density at radius 2 is 2.00 bits per heavy atom. The van der Waals surface area contributed by atoms with Gasteiger partial charge in [-0.2, -0.15) is 8.42 Å². The van der Waals surface area contributed by atoms with Crippen molar-refractivity contribution in [2.24, 2.45) is 0 Å². The smallest absolute Gasteiger partial charge is 0.328 e. The third-order valence-electron chi connectivity index (χ3n) is 4.22. The molecule has 0 bridgehead atoms. The molecule has 0 aromatic carbocycles. The van der Waals surface area contributed by atoms with Crippen molar-refractivity contribution in [3.63, 3.8) is 0 Å². The van der Waals surface area contributed by atoms with Gasteiger partial charge in [0.2, 0.25) is 5.09 Å². The fraction of sp³-hybridized carbons (Fsp3) is 0.235. The number of fused-ring (bicyclic) bond motifs is 1. The summed E-state index contributed by atoms with van der Waals surface area (Å²) in [7, 11) is -4.31. The van der Waals surface area contributed by atoms with Crippen LogP contribution in [0.5, 0.6) is 0 Å². The average Bonchev–Trinajstić information content (AvgIpc) is 3.11. The molecule has 0 saturated heterocycles. The Bertz CT molecular complexity index is 1030. The van der Waals surface area contributed by atoms with Crippen molar-refractivity contribution < 1.29 is 17.4 Å². The summed E-state index contributed by atoms with van der Waals surface area (Å²) >= 11 is 0. The molecule has 3 aromatic rings. The number of pyridine rings is 1. The topological polar surface area (TPSA) is 109 Å². The van der Waals surface area contributed by atoms with Crippen LogP contribution in [0.15, 0.2) is 52.4 Å². The van der Waals surface area contributed by atoms with Crippen molar-refractivity contribution in [3.05, 3.63) is 59.9 Å². The standard InChI is InChI=1S/C17H16N4O4S/c22-26(23,24)16-2-1-14(25-16)11-21-8-5-15-13(10-21)9-19-17(20-15)12-3-6-18-7-4-12/h1-4,6-7,9H,5,8,10-11H2,(H,22,23,24). The third kappa shape index (κ3) is 3.50. The summed E-state index contributed by atoms with van der Waals surface area (Å²) in [5, 5.41) is -0.435. The molecule has 1 aliphatic heterocycles. The summed E-state index contributed by atoms with van der Waals surface area (Å²) in [5.74, 6) is 1.17. The summed E-state index contributed by atoms with van der Waals surface area (Å²) in [4.78, 5) is 15.2. The lowest BCUT2D eigenvalue weighted by atomic mass is 10.1. The second kappa shape index (κ2) is 6.60. The number of rotatable bonds is 4. The van der Waals surface area contributed by atoms with E-state index >= 15 is 0 Å². The second-order valence-electron chi connectivity index (χ2n) is 6.06. The van der Waals surface area contributed by atoms with E-state index in [0.717, 1.165) is 29.8 Å². The van der Waals surface area contributed by atoms with E-state index in [-0.39, 0.29) is 0 Å². The molecule has 0 unspecified atom stereocenters. The normalized spacial score (nSPS) is 15.0. The van der Waals surface area contributed by atoms with Gasteiger partial charge < -0.3 is 4.42 Å². The van der Waals surface area contributed by atoms with Gasteiger partial charge in [-0.25, -0.2) is 9.97 Å². The van der Waals surface area contributed by atoms with Crippen LogP contribution < -0.4 is 0 Å². The lowest BCUT2D eigenvalue weighted by Gasteiger charge is -2.27. The maximum atomic E-state index is 11.1. The SMILES string of the molecule is O=S(=O)(O)c1ccc(CN2CCc3nc(-c4ccncc4)ncc3C2)o1. The maximum Gasteiger partial charge on any atom is 0.328 e. The van der Waals surface area contributed by atoms with Crippen molar-refractivity contribution in [2.75, 3.05) is 6.54 Å². The monoisotopic (exact) mass is 372 g/mol. The average molecular weight is 372 g/mol. The molecule has 9 heteroatoms. The van der Waals surface area contributed by atoms with Gasteiger partial charge in [-0.15, -0.1) is 0 Å². The molecule has 0 radical (unpaired) electrons. The molecule has 4 rings (SSSR count). The zero-order chi connectivity index (χ0) is 18.1. The molecular weight excluding hydrogens is 356 g/mol. The fourth-order valence-electron chi connectivity index (χ4n) is 2.95. The quantitative estimate of drug-likeness (QED) is 0.692. The molecule has 0 spiro atoms. The van der Waals surface area contributed by atoms with Crippen LogP contribution in [0.2, 0.25) is 0 Å². The number of furan rings is 1. The van der Waals surface area contributed by atoms with Crippen LogP contribution >= 0.6 is 0 Å². The molecule has 4 heterocycles. The van der Waals surface area contributed by atoms with Crippen LogP contribution in [0.1, 0.15) is 17.0 Å². The van der Waals surface area contributed by atoms with Crippen molar-refractivity contribution in [1.29, 1.82) is 0 Å². The lowest BCUT2D eigenvalue weighted by molar-refractivity contribution is 0.216. The summed E-state index contributed by atoms with van der Waals surface area (Å²) in [6.07, 6.45) is 6.02. The highest BCUT2D eigenvalue weighted by Crippen LogP contribution is 2.23. The molecule has 134 valence electrons. The highest BCUT2D eigenvalue weighted by atomic mass is 32.2. The van der Waals surface area contributed by atoms with E-state index in [0.29, 0.717) is 24.7 Å². The van der Waals surface area contributed by atoms with Crippen molar-refractivity contribution >= 4 is 10.1 Å². The number of hydrogen-bond acceptors (Lipinski definition) is 7. The highest BCUT2D eigenvalue weighted by Gasteiger charge is 2.21. The van der Waals surface area contributed by atoms with Gasteiger partial charge >= 0.3 is 10.1 Å². The molecule has 1 N–H and O–H groups in total. The van der Waals surface area contributed by atoms with Gasteiger partial charge in [0, 0.05) is 49.2 Å². The van der Waals surface area contributed by atoms with Gasteiger partial charge in [-0.1, -0.05) is 0 Å². The summed E-state index contributed by atoms with van der Waals surface area (Å²) in [6, 6.07) is 6.56. The van der Waals surface area contributed by atoms with Crippen molar-refractivity contribution in [3.8, 4) is 11.4 Å². The molecule has 3 aromatic heterocycles. The fourth-order valence-corrected chi connectivity index (χ4v) is 3.40. The molecule has 8 nitrogen and oxygen atoms in total. The maximum absolute atomic E-state index is 11.1. The van der Waals surface area contributed by atoms with Crippen LogP contribution in [-0.4, -0.2) is 39.4 Å². The van der Waals surface area contributed by atoms with Crippen LogP contribution in [0.3, 0.4) is 0 Å². The minimum absolute atomic E-state index is 0.435. The number of hydrogen-bond donors (Lipinski definition) is 1. The Kier molecular flexibility index (Phi) is 4.27. The van der Waals surface area contributed by atoms with E-state index in [4.69, 9.17) is 8.97 Å². The molecule has 0 amide bonds. The molecule has 0 atom stereocenters. The molecule has 0 fully saturated rings. The van der Waals surface area contributed by atoms with E-state index in [1.54, 1.807) is 18.5 Å². The summed E-state index contributed by atoms with van der Waals surface area (Å²) < 4.78 is 36.4. The molecule has 1 aliphatic rings. The van der Waals surface area contributed by atoms with Crippen LogP contribution in [0, 0.1) is 0 Å². The predicted molar refractivity (Wildman–Crippen MR) is 91.6 cm³/mol. The third-order valence-corrected chi connectivity index (χ3v) is 4.95. The first-order valence-electron chi connectivity index (χ1n) is 8.03. The first kappa shape index (κ1) is 16.8. The Balaban J connectivity index is 1.49. The Morgan fingerprint density at radius 3 is 2.73 bits per heavy atom.